The fourth-order valence-electron chi connectivity index (χ4n) is 3.00. The molecule has 0 bridgehead atoms. The zero-order valence-corrected chi connectivity index (χ0v) is 24.1. The van der Waals surface area contributed by atoms with Crippen molar-refractivity contribution in [1.29, 1.82) is 0 Å². The first kappa shape index (κ1) is 26.7. The number of ether oxygens (including phenoxy) is 6. The summed E-state index contributed by atoms with van der Waals surface area (Å²) in [5.41, 5.74) is 0. The topological polar surface area (TPSA) is 55.4 Å². The summed E-state index contributed by atoms with van der Waals surface area (Å²) in [4.78, 5) is 2.86. The van der Waals surface area contributed by atoms with E-state index in [0.29, 0.717) is 0 Å². The molecule has 0 N–H and O–H groups in total. The first-order valence-electron chi connectivity index (χ1n) is 10.1. The normalized spacial score (nSPS) is 10.7. The Morgan fingerprint density at radius 1 is 0.412 bits per heavy atom. The van der Waals surface area contributed by atoms with Gasteiger partial charge in [0, 0.05) is 0 Å². The molecule has 10 heteroatoms. The van der Waals surface area contributed by atoms with Gasteiger partial charge in [-0.2, -0.15) is 0 Å². The van der Waals surface area contributed by atoms with Gasteiger partial charge >= 0.3 is 216 Å². The molecule has 0 aliphatic heterocycles. The zero-order valence-electron chi connectivity index (χ0n) is 19.8. The third-order valence-electron chi connectivity index (χ3n) is 4.65. The Morgan fingerprint density at radius 2 is 0.618 bits per heavy atom. The van der Waals surface area contributed by atoms with E-state index in [-0.39, 0.29) is 0 Å². The number of benzene rings is 3. The summed E-state index contributed by atoms with van der Waals surface area (Å²) in [7, 11) is 15.3. The van der Waals surface area contributed by atoms with Crippen molar-refractivity contribution in [2.24, 2.45) is 0 Å². The molecule has 3 rings (SSSR count). The molecule has 0 saturated heterocycles. The average Bonchev–Trinajstić information content (AvgIpc) is 2.88. The molecule has 3 aromatic rings. The summed E-state index contributed by atoms with van der Waals surface area (Å²) in [6.07, 6.45) is 0. The molecule has 0 aromatic heterocycles. The van der Waals surface area contributed by atoms with Gasteiger partial charge in [-0.1, -0.05) is 0 Å². The molecule has 182 valence electrons. The predicted molar refractivity (Wildman–Crippen MR) is 142 cm³/mol. The molecular weight excluding hydrogens is 555 g/mol. The molecule has 34 heavy (non-hydrogen) atoms. The van der Waals surface area contributed by atoms with Gasteiger partial charge in [-0.25, -0.2) is 0 Å². The van der Waals surface area contributed by atoms with E-state index >= 15 is 0 Å². The fourth-order valence-corrected chi connectivity index (χ4v) is 20.6. The second-order valence-electron chi connectivity index (χ2n) is 6.47. The molecule has 0 fully saturated rings. The van der Waals surface area contributed by atoms with Crippen LogP contribution in [0.1, 0.15) is 0 Å². The third-order valence-corrected chi connectivity index (χ3v) is 20.1. The second kappa shape index (κ2) is 13.2. The predicted octanol–water partition coefficient (Wildman–Crippen LogP) is 6.40. The Kier molecular flexibility index (Phi) is 10.4. The zero-order chi connectivity index (χ0) is 24.5. The molecule has 0 aliphatic rings. The number of rotatable bonds is 12. The van der Waals surface area contributed by atoms with Crippen LogP contribution in [0, 0.1) is 0 Å². The Morgan fingerprint density at radius 3 is 0.794 bits per heavy atom. The summed E-state index contributed by atoms with van der Waals surface area (Å²) in [6, 6.07) is 17.4. The maximum absolute atomic E-state index is 5.67. The van der Waals surface area contributed by atoms with E-state index in [9.17, 15) is 0 Å². The molecule has 0 saturated carbocycles. The first-order chi connectivity index (χ1) is 16.6. The summed E-state index contributed by atoms with van der Waals surface area (Å²) in [6.45, 7) is 0. The summed E-state index contributed by atoms with van der Waals surface area (Å²) >= 11 is -1.98. The van der Waals surface area contributed by atoms with Gasteiger partial charge in [0.05, 0.1) is 0 Å². The van der Waals surface area contributed by atoms with Crippen molar-refractivity contribution in [2.45, 2.75) is 14.7 Å². The van der Waals surface area contributed by atoms with Gasteiger partial charge in [-0.15, -0.1) is 0 Å². The second-order valence-corrected chi connectivity index (χ2v) is 21.9. The van der Waals surface area contributed by atoms with Crippen molar-refractivity contribution in [2.75, 3.05) is 42.7 Å². The number of hydrogen-bond acceptors (Lipinski definition) is 9. The van der Waals surface area contributed by atoms with E-state index in [0.717, 1.165) is 49.2 Å². The van der Waals surface area contributed by atoms with Crippen molar-refractivity contribution >= 4 is 41.3 Å². The van der Waals surface area contributed by atoms with Crippen LogP contribution < -0.4 is 28.4 Å². The fraction of sp³-hybridized carbons (Fsp3) is 0.250. The molecular formula is C24H27AsO6S3. The van der Waals surface area contributed by atoms with Crippen LogP contribution in [-0.4, -0.2) is 53.8 Å². The van der Waals surface area contributed by atoms with Gasteiger partial charge < -0.3 is 0 Å². The Balaban J connectivity index is 2.10. The van der Waals surface area contributed by atoms with Crippen LogP contribution >= 0.6 is 30.1 Å². The Bertz CT molecular complexity index is 895. The minimum atomic E-state index is -1.98. The minimum absolute atomic E-state index is 0.768. The molecule has 0 atom stereocenters. The quantitative estimate of drug-likeness (QED) is 0.226. The SMILES string of the molecule is COc1cccc(OC)c1S[As](Sc1c(OC)cccc1OC)Sc1c(OC)cccc1OC. The van der Waals surface area contributed by atoms with Gasteiger partial charge in [-0.3, -0.25) is 0 Å². The number of methoxy groups -OCH3 is 6. The van der Waals surface area contributed by atoms with E-state index in [1.807, 2.05) is 54.6 Å². The first-order valence-corrected chi connectivity index (χ1v) is 19.3. The van der Waals surface area contributed by atoms with Crippen LogP contribution in [0.3, 0.4) is 0 Å². The number of hydrogen-bond donors (Lipinski definition) is 0. The summed E-state index contributed by atoms with van der Waals surface area (Å²) in [5, 5.41) is 0. The standard InChI is InChI=1S/C24H27AsO6S3/c1-26-16-10-7-11-17(27-2)22(16)32-25(33-23-18(28-3)12-8-13-19(23)29-4)34-24-20(30-5)14-9-15-21(24)31-6/h7-15H,1-6H3. The molecule has 0 spiro atoms. The monoisotopic (exact) mass is 582 g/mol. The van der Waals surface area contributed by atoms with Crippen LogP contribution in [0.15, 0.2) is 69.3 Å². The van der Waals surface area contributed by atoms with Crippen molar-refractivity contribution in [3.8, 4) is 34.5 Å². The van der Waals surface area contributed by atoms with Gasteiger partial charge in [0.1, 0.15) is 0 Å². The Hall–Kier alpha value is -1.93. The van der Waals surface area contributed by atoms with Crippen LogP contribution in [0.4, 0.5) is 0 Å². The Labute approximate surface area is 215 Å². The van der Waals surface area contributed by atoms with E-state index in [2.05, 4.69) is 0 Å². The van der Waals surface area contributed by atoms with E-state index < -0.39 is 11.2 Å². The van der Waals surface area contributed by atoms with Crippen molar-refractivity contribution in [1.82, 2.24) is 0 Å². The van der Waals surface area contributed by atoms with E-state index in [4.69, 9.17) is 28.4 Å². The van der Waals surface area contributed by atoms with Crippen LogP contribution in [0.2, 0.25) is 0 Å². The molecule has 0 unspecified atom stereocenters. The van der Waals surface area contributed by atoms with Gasteiger partial charge in [0.15, 0.2) is 0 Å². The molecule has 0 heterocycles. The van der Waals surface area contributed by atoms with Crippen molar-refractivity contribution < 1.29 is 28.4 Å². The molecule has 3 aromatic carbocycles. The third kappa shape index (κ3) is 6.19. The van der Waals surface area contributed by atoms with Gasteiger partial charge in [0.25, 0.3) is 0 Å². The van der Waals surface area contributed by atoms with E-state index in [1.165, 1.54) is 0 Å². The van der Waals surface area contributed by atoms with Crippen molar-refractivity contribution in [3.63, 3.8) is 0 Å². The average molecular weight is 583 g/mol. The van der Waals surface area contributed by atoms with Crippen molar-refractivity contribution in [3.05, 3.63) is 54.6 Å². The molecule has 0 aliphatic carbocycles. The van der Waals surface area contributed by atoms with E-state index in [1.54, 1.807) is 72.7 Å². The molecule has 0 radical (unpaired) electrons. The van der Waals surface area contributed by atoms with Crippen LogP contribution in [0.25, 0.3) is 0 Å². The molecule has 0 amide bonds. The molecule has 6 nitrogen and oxygen atoms in total. The van der Waals surface area contributed by atoms with Crippen LogP contribution in [-0.2, 0) is 0 Å². The summed E-state index contributed by atoms with van der Waals surface area (Å²) < 4.78 is 34.0. The maximum atomic E-state index is 5.67. The van der Waals surface area contributed by atoms with Gasteiger partial charge in [-0.05, 0) is 0 Å². The van der Waals surface area contributed by atoms with Crippen LogP contribution in [0.5, 0.6) is 34.5 Å². The van der Waals surface area contributed by atoms with Gasteiger partial charge in [0.2, 0.25) is 0 Å². The summed E-state index contributed by atoms with van der Waals surface area (Å²) in [5.74, 6) is 4.61.